The van der Waals surface area contributed by atoms with Crippen molar-refractivity contribution in [3.63, 3.8) is 0 Å². The Kier molecular flexibility index (Phi) is 6.63. The topological polar surface area (TPSA) is 61.6 Å². The van der Waals surface area contributed by atoms with Crippen molar-refractivity contribution in [2.24, 2.45) is 5.50 Å². The fourth-order valence-corrected chi connectivity index (χ4v) is 10.1. The van der Waals surface area contributed by atoms with Crippen LogP contribution < -0.4 is 20.5 Å². The summed E-state index contributed by atoms with van der Waals surface area (Å²) in [5.41, 5.74) is 11.5. The molecule has 2 N–H and O–H groups in total. The molecule has 3 atom stereocenters. The Morgan fingerprint density at radius 1 is 0.509 bits per heavy atom. The molecule has 2 unspecified atom stereocenters. The van der Waals surface area contributed by atoms with E-state index in [1.165, 1.54) is 0 Å². The van der Waals surface area contributed by atoms with Crippen molar-refractivity contribution < 1.29 is 13.6 Å². The van der Waals surface area contributed by atoms with Crippen LogP contribution in [0.4, 0.5) is 0 Å². The van der Waals surface area contributed by atoms with Crippen LogP contribution >= 0.6 is 7.75 Å². The average Bonchev–Trinajstić information content (AvgIpc) is 3.32. The first-order chi connectivity index (χ1) is 26.0. The van der Waals surface area contributed by atoms with Gasteiger partial charge in [-0.25, -0.2) is 10.1 Å². The molecular weight excluding hydrogens is 670 g/mol. The number of hydrogen-bond donors (Lipinski definition) is 1. The maximum atomic E-state index is 14.8. The minimum absolute atomic E-state index is 0.344. The van der Waals surface area contributed by atoms with Crippen LogP contribution in [0.3, 0.4) is 0 Å². The van der Waals surface area contributed by atoms with Gasteiger partial charge in [0, 0.05) is 28.2 Å². The quantitative estimate of drug-likeness (QED) is 0.144. The molecule has 1 heterocycles. The lowest BCUT2D eigenvalue weighted by molar-refractivity contribution is 0.219. The zero-order chi connectivity index (χ0) is 35.3. The molecule has 2 aliphatic rings. The normalized spacial score (nSPS) is 19.4. The molecule has 5 heteroatoms. The highest BCUT2D eigenvalue weighted by Gasteiger charge is 2.43. The second-order valence-corrected chi connectivity index (χ2v) is 15.6. The van der Waals surface area contributed by atoms with Gasteiger partial charge in [0.2, 0.25) is 0 Å². The Bertz CT molecular complexity index is 3100. The number of benzene rings is 9. The van der Waals surface area contributed by atoms with Crippen molar-refractivity contribution in [3.05, 3.63) is 185 Å². The standard InChI is InChI=1S/C48H32NO3P/c49-53(50)51-47-41(43-35-19-7-1-13-29(35)25-30-14-2-8-20-36(30)43)27-33-17-5-11-23-39(33)45(47)46-40-24-12-6-18-34(40)28-42(48(46)52-53)44-37-21-9-3-15-31(37)26-32-16-4-10-22-38(32)44/h1-28,41,47H,(H2,49,50)/t41?,47-,53?/m0/s1. The molecule has 252 valence electrons. The van der Waals surface area contributed by atoms with Gasteiger partial charge in [0.15, 0.2) is 0 Å². The number of hydrogen-bond acceptors (Lipinski definition) is 3. The Morgan fingerprint density at radius 3 is 1.55 bits per heavy atom. The Balaban J connectivity index is 1.31. The smallest absolute Gasteiger partial charge is 0.412 e. The van der Waals surface area contributed by atoms with Crippen molar-refractivity contribution in [1.82, 2.24) is 0 Å². The van der Waals surface area contributed by atoms with Crippen molar-refractivity contribution >= 4 is 73.3 Å². The lowest BCUT2D eigenvalue weighted by Gasteiger charge is -2.31. The van der Waals surface area contributed by atoms with Gasteiger partial charge in [-0.15, -0.1) is 0 Å². The van der Waals surface area contributed by atoms with Crippen molar-refractivity contribution in [2.45, 2.75) is 12.0 Å². The van der Waals surface area contributed by atoms with E-state index in [1.807, 2.05) is 0 Å². The summed E-state index contributed by atoms with van der Waals surface area (Å²) in [4.78, 5) is 0. The van der Waals surface area contributed by atoms with Gasteiger partial charge in [0.1, 0.15) is 11.9 Å². The molecule has 1 aliphatic heterocycles. The maximum absolute atomic E-state index is 14.8. The third kappa shape index (κ3) is 4.67. The highest BCUT2D eigenvalue weighted by Crippen LogP contribution is 2.58. The van der Waals surface area contributed by atoms with Crippen LogP contribution in [-0.2, 0) is 9.09 Å². The first-order valence-corrected chi connectivity index (χ1v) is 19.6. The predicted octanol–water partition coefficient (Wildman–Crippen LogP) is 10.7. The summed E-state index contributed by atoms with van der Waals surface area (Å²) in [5, 5.41) is 13.0. The fraction of sp³-hybridized carbons (Fsp3) is 0.0417. The van der Waals surface area contributed by atoms with E-state index >= 15 is 0 Å². The molecule has 53 heavy (non-hydrogen) atoms. The molecule has 1 aliphatic carbocycles. The van der Waals surface area contributed by atoms with E-state index < -0.39 is 13.9 Å². The highest BCUT2D eigenvalue weighted by atomic mass is 31.2. The monoisotopic (exact) mass is 701 g/mol. The van der Waals surface area contributed by atoms with Crippen LogP contribution in [0, 0.1) is 0 Å². The van der Waals surface area contributed by atoms with Crippen molar-refractivity contribution in [3.8, 4) is 16.9 Å². The van der Waals surface area contributed by atoms with E-state index in [9.17, 15) is 4.57 Å². The first kappa shape index (κ1) is 30.6. The van der Waals surface area contributed by atoms with Gasteiger partial charge in [0.25, 0.3) is 0 Å². The van der Waals surface area contributed by atoms with Crippen LogP contribution in [0.5, 0.6) is 5.75 Å². The summed E-state index contributed by atoms with van der Waals surface area (Å²) >= 11 is 0. The minimum Gasteiger partial charge on any atom is -0.412 e. The third-order valence-corrected chi connectivity index (χ3v) is 12.1. The SMILES string of the molecule is NP1(=O)Oc2c(-c3c4ccccc4cc4ccccc34)cc3ccccc3c2C2=c3ccccc3=CC(c3c4ccccc4cc4ccccc34)[C@@H]2O1. The van der Waals surface area contributed by atoms with E-state index in [4.69, 9.17) is 14.6 Å². The number of rotatable bonds is 2. The fourth-order valence-electron chi connectivity index (χ4n) is 9.03. The van der Waals surface area contributed by atoms with E-state index in [-0.39, 0.29) is 5.92 Å². The number of fused-ring (bicyclic) bond motifs is 10. The summed E-state index contributed by atoms with van der Waals surface area (Å²) in [6.07, 6.45) is 1.55. The summed E-state index contributed by atoms with van der Waals surface area (Å²) in [6, 6.07) is 57.3. The zero-order valence-electron chi connectivity index (χ0n) is 28.6. The second-order valence-electron chi connectivity index (χ2n) is 14.1. The molecule has 0 amide bonds. The van der Waals surface area contributed by atoms with E-state index in [0.29, 0.717) is 5.75 Å². The van der Waals surface area contributed by atoms with Gasteiger partial charge in [-0.3, -0.25) is 4.52 Å². The molecule has 0 aromatic heterocycles. The Hall–Kier alpha value is -6.03. The molecule has 9 aromatic carbocycles. The minimum atomic E-state index is -4.23. The van der Waals surface area contributed by atoms with Crippen LogP contribution in [0.15, 0.2) is 164 Å². The van der Waals surface area contributed by atoms with Gasteiger partial charge in [-0.1, -0.05) is 152 Å². The molecule has 0 saturated heterocycles. The van der Waals surface area contributed by atoms with Gasteiger partial charge in [-0.2, -0.15) is 0 Å². The van der Waals surface area contributed by atoms with Gasteiger partial charge < -0.3 is 4.52 Å². The molecule has 11 rings (SSSR count). The summed E-state index contributed by atoms with van der Waals surface area (Å²) in [7, 11) is -4.23. The Morgan fingerprint density at radius 2 is 0.962 bits per heavy atom. The maximum Gasteiger partial charge on any atom is 0.456 e. The molecule has 4 nitrogen and oxygen atoms in total. The molecule has 0 saturated carbocycles. The van der Waals surface area contributed by atoms with Crippen LogP contribution in [-0.4, -0.2) is 6.10 Å². The third-order valence-electron chi connectivity index (χ3n) is 11.2. The van der Waals surface area contributed by atoms with E-state index in [0.717, 1.165) is 92.1 Å². The average molecular weight is 702 g/mol. The molecular formula is C48H32NO3P. The molecule has 9 aromatic rings. The van der Waals surface area contributed by atoms with Gasteiger partial charge >= 0.3 is 7.75 Å². The Labute approximate surface area is 305 Å². The largest absolute Gasteiger partial charge is 0.456 e. The van der Waals surface area contributed by atoms with Gasteiger partial charge in [-0.05, 0) is 88.1 Å². The predicted molar refractivity (Wildman–Crippen MR) is 219 cm³/mol. The zero-order valence-corrected chi connectivity index (χ0v) is 29.5. The summed E-state index contributed by atoms with van der Waals surface area (Å²) in [6.45, 7) is 0. The molecule has 0 bridgehead atoms. The number of nitrogens with two attached hydrogens (primary N) is 1. The van der Waals surface area contributed by atoms with Crippen LogP contribution in [0.25, 0.3) is 76.6 Å². The lowest BCUT2D eigenvalue weighted by atomic mass is 9.76. The molecule has 0 spiro atoms. The highest BCUT2D eigenvalue weighted by molar-refractivity contribution is 7.51. The van der Waals surface area contributed by atoms with E-state index in [2.05, 4.69) is 170 Å². The van der Waals surface area contributed by atoms with Crippen molar-refractivity contribution in [2.75, 3.05) is 0 Å². The van der Waals surface area contributed by atoms with Crippen molar-refractivity contribution in [1.29, 1.82) is 0 Å². The van der Waals surface area contributed by atoms with Gasteiger partial charge in [0.05, 0.1) is 0 Å². The second kappa shape index (κ2) is 11.5. The molecule has 0 radical (unpaired) electrons. The first-order valence-electron chi connectivity index (χ1n) is 18.0. The van der Waals surface area contributed by atoms with Crippen LogP contribution in [0.1, 0.15) is 17.0 Å². The van der Waals surface area contributed by atoms with Crippen LogP contribution in [0.2, 0.25) is 0 Å². The van der Waals surface area contributed by atoms with E-state index in [1.54, 1.807) is 0 Å². The summed E-state index contributed by atoms with van der Waals surface area (Å²) in [5.74, 6) is 0.134. The summed E-state index contributed by atoms with van der Waals surface area (Å²) < 4.78 is 28.3. The lowest BCUT2D eigenvalue weighted by Crippen LogP contribution is -2.39. The molecule has 0 fully saturated rings.